The van der Waals surface area contributed by atoms with Crippen LogP contribution in [0, 0.1) is 17.7 Å². The third kappa shape index (κ3) is 6.31. The molecule has 39 heavy (non-hydrogen) atoms. The van der Waals surface area contributed by atoms with Gasteiger partial charge in [-0.1, -0.05) is 48.0 Å². The van der Waals surface area contributed by atoms with Gasteiger partial charge >= 0.3 is 29.6 Å². The van der Waals surface area contributed by atoms with Gasteiger partial charge in [-0.25, -0.2) is 9.37 Å². The quantitative estimate of drug-likeness (QED) is 0.321. The molecule has 4 nitrogen and oxygen atoms in total. The summed E-state index contributed by atoms with van der Waals surface area (Å²) in [6.45, 7) is 0. The average Bonchev–Trinajstić information content (AvgIpc) is 3.67. The number of carbonyl (C=O) groups is 1. The van der Waals surface area contributed by atoms with Gasteiger partial charge in [0.25, 0.3) is 0 Å². The molecule has 6 rings (SSSR count). The maximum atomic E-state index is 13.8. The molecule has 1 fully saturated rings. The fraction of sp³-hybridized carbons (Fsp3) is 0.194. The molecule has 0 radical (unpaired) electrons. The molecular weight excluding hydrogens is 542 g/mol. The number of hydrogen-bond donors (Lipinski definition) is 0. The van der Waals surface area contributed by atoms with Crippen LogP contribution in [0.5, 0.6) is 0 Å². The van der Waals surface area contributed by atoms with E-state index in [0.717, 1.165) is 40.3 Å². The first-order valence-corrected chi connectivity index (χ1v) is 13.9. The number of rotatable bonds is 7. The van der Waals surface area contributed by atoms with Gasteiger partial charge in [-0.2, -0.15) is 0 Å². The first kappa shape index (κ1) is 28.1. The molecule has 2 heterocycles. The largest absolute Gasteiger partial charge is 1.00 e. The van der Waals surface area contributed by atoms with Gasteiger partial charge in [0, 0.05) is 17.6 Å². The van der Waals surface area contributed by atoms with Crippen LogP contribution in [0.1, 0.15) is 51.7 Å². The maximum absolute atomic E-state index is 13.8. The van der Waals surface area contributed by atoms with Crippen LogP contribution in [-0.4, -0.2) is 21.7 Å². The third-order valence-electron chi connectivity index (χ3n) is 7.14. The number of aliphatic carboxylic acids is 1. The molecule has 190 valence electrons. The van der Waals surface area contributed by atoms with Crippen molar-refractivity contribution < 1.29 is 43.8 Å². The van der Waals surface area contributed by atoms with Crippen LogP contribution in [0.3, 0.4) is 0 Å². The Kier molecular flexibility index (Phi) is 8.60. The van der Waals surface area contributed by atoms with Crippen LogP contribution in [0.4, 0.5) is 4.39 Å². The van der Waals surface area contributed by atoms with Gasteiger partial charge < -0.3 is 9.90 Å². The van der Waals surface area contributed by atoms with E-state index in [1.807, 2.05) is 48.3 Å². The molecule has 0 bridgehead atoms. The molecule has 2 aliphatic carbocycles. The number of halogens is 2. The summed E-state index contributed by atoms with van der Waals surface area (Å²) in [5.74, 6) is 0.0963. The zero-order valence-electron chi connectivity index (χ0n) is 21.3. The second-order valence-electron chi connectivity index (χ2n) is 9.77. The van der Waals surface area contributed by atoms with Crippen LogP contribution in [0.25, 0.3) is 35.2 Å². The number of benzene rings is 2. The summed E-state index contributed by atoms with van der Waals surface area (Å²) in [7, 11) is 0. The minimum absolute atomic E-state index is 0. The van der Waals surface area contributed by atoms with Crippen LogP contribution in [0.15, 0.2) is 60.8 Å². The van der Waals surface area contributed by atoms with Crippen LogP contribution in [0.2, 0.25) is 5.02 Å². The number of hydrogen-bond acceptors (Lipinski definition) is 5. The monoisotopic (exact) mass is 564 g/mol. The minimum Gasteiger partial charge on any atom is -0.550 e. The van der Waals surface area contributed by atoms with E-state index in [1.54, 1.807) is 6.07 Å². The van der Waals surface area contributed by atoms with Crippen molar-refractivity contribution in [1.29, 1.82) is 0 Å². The van der Waals surface area contributed by atoms with Crippen LogP contribution in [-0.2, 0) is 4.79 Å². The zero-order valence-corrected chi connectivity index (χ0v) is 24.9. The Morgan fingerprint density at radius 2 is 1.95 bits per heavy atom. The summed E-state index contributed by atoms with van der Waals surface area (Å²) < 4.78 is 13.8. The summed E-state index contributed by atoms with van der Waals surface area (Å²) >= 11 is 7.80. The number of carboxylic acid groups (broad SMARTS) is 1. The van der Waals surface area contributed by atoms with Crippen molar-refractivity contribution >= 4 is 64.5 Å². The van der Waals surface area contributed by atoms with E-state index < -0.39 is 11.8 Å². The van der Waals surface area contributed by atoms with E-state index >= 15 is 0 Å². The molecular formula is C31H23ClFN2NaO2S. The van der Waals surface area contributed by atoms with Gasteiger partial charge in [0.1, 0.15) is 5.82 Å². The molecule has 0 aliphatic heterocycles. The molecule has 0 spiro atoms. The molecule has 0 saturated heterocycles. The Labute approximate surface area is 257 Å². The van der Waals surface area contributed by atoms with Crippen LogP contribution >= 0.6 is 23.4 Å². The summed E-state index contributed by atoms with van der Waals surface area (Å²) in [5, 5.41) is 11.8. The SMILES string of the molecule is O=C([O-])CC1CC1CSC1c2cc(/C=C/c3ccc4cc(F)c(Cl)cc4n3)ccc2C=Cc2ncccc21.[Na+]. The first-order chi connectivity index (χ1) is 18.4. The zero-order chi connectivity index (χ0) is 26.2. The molecule has 0 N–H and O–H groups in total. The second-order valence-corrected chi connectivity index (χ2v) is 11.3. The molecule has 1 saturated carbocycles. The van der Waals surface area contributed by atoms with Crippen molar-refractivity contribution in [2.24, 2.45) is 11.8 Å². The number of pyridine rings is 2. The third-order valence-corrected chi connectivity index (χ3v) is 8.89. The first-order valence-electron chi connectivity index (χ1n) is 12.5. The van der Waals surface area contributed by atoms with Crippen molar-refractivity contribution in [3.63, 3.8) is 0 Å². The average molecular weight is 565 g/mol. The number of thioether (sulfide) groups is 1. The maximum Gasteiger partial charge on any atom is 1.00 e. The van der Waals surface area contributed by atoms with Crippen molar-refractivity contribution in [3.05, 3.63) is 105 Å². The summed E-state index contributed by atoms with van der Waals surface area (Å²) in [4.78, 5) is 20.2. The molecule has 2 aromatic heterocycles. The molecule has 8 heteroatoms. The van der Waals surface area contributed by atoms with E-state index in [9.17, 15) is 14.3 Å². The predicted molar refractivity (Wildman–Crippen MR) is 151 cm³/mol. The van der Waals surface area contributed by atoms with Gasteiger partial charge in [0.2, 0.25) is 0 Å². The summed E-state index contributed by atoms with van der Waals surface area (Å²) in [5.41, 5.74) is 6.88. The number of fused-ring (bicyclic) bond motifs is 3. The topological polar surface area (TPSA) is 65.9 Å². The van der Waals surface area contributed by atoms with Gasteiger partial charge in [0.15, 0.2) is 0 Å². The van der Waals surface area contributed by atoms with E-state index in [4.69, 9.17) is 11.6 Å². The smallest absolute Gasteiger partial charge is 0.550 e. The van der Waals surface area contributed by atoms with E-state index in [2.05, 4.69) is 46.4 Å². The fourth-order valence-electron chi connectivity index (χ4n) is 4.99. The molecule has 2 aliphatic rings. The van der Waals surface area contributed by atoms with Crippen molar-refractivity contribution in [3.8, 4) is 0 Å². The Balaban J connectivity index is 0.00000308. The summed E-state index contributed by atoms with van der Waals surface area (Å²) in [6, 6.07) is 17.1. The molecule has 4 aromatic rings. The Hall–Kier alpha value is -2.48. The summed E-state index contributed by atoms with van der Waals surface area (Å²) in [6.07, 6.45) is 11.0. The molecule has 3 atom stereocenters. The van der Waals surface area contributed by atoms with Crippen LogP contribution < -0.4 is 34.7 Å². The molecule has 0 amide bonds. The molecule has 3 unspecified atom stereocenters. The predicted octanol–water partition coefficient (Wildman–Crippen LogP) is 3.68. The number of carbonyl (C=O) groups excluding carboxylic acids is 1. The van der Waals surface area contributed by atoms with E-state index in [1.165, 1.54) is 11.6 Å². The van der Waals surface area contributed by atoms with Crippen molar-refractivity contribution in [2.75, 3.05) is 5.75 Å². The van der Waals surface area contributed by atoms with Crippen molar-refractivity contribution in [2.45, 2.75) is 18.1 Å². The van der Waals surface area contributed by atoms with Gasteiger partial charge in [0.05, 0.1) is 27.2 Å². The second kappa shape index (κ2) is 11.9. The van der Waals surface area contributed by atoms with E-state index in [-0.39, 0.29) is 52.2 Å². The number of aromatic nitrogens is 2. The minimum atomic E-state index is -0.964. The fourth-order valence-corrected chi connectivity index (χ4v) is 6.76. The Morgan fingerprint density at radius 1 is 1.08 bits per heavy atom. The normalized spacial score (nSPS) is 19.3. The number of carboxylic acids is 1. The van der Waals surface area contributed by atoms with E-state index in [0.29, 0.717) is 16.8 Å². The Bertz CT molecular complexity index is 1630. The number of nitrogens with zero attached hydrogens (tertiary/aromatic N) is 2. The van der Waals surface area contributed by atoms with Gasteiger partial charge in [-0.3, -0.25) is 4.98 Å². The molecule has 2 aromatic carbocycles. The van der Waals surface area contributed by atoms with Crippen molar-refractivity contribution in [1.82, 2.24) is 9.97 Å². The Morgan fingerprint density at radius 3 is 2.79 bits per heavy atom. The standard InChI is InChI=1S/C31H24ClFN2O2S.Na/c32-26-16-29-20(14-27(26)33)6-9-23(35-29)8-4-18-3-5-19-7-10-28-24(2-1-11-34-28)31(25(19)12-18)38-17-22-13-21(22)15-30(36)37;/h1-12,14,16,21-22,31H,13,15,17H2,(H,36,37);/q;+1/p-1/b8-4+;. The van der Waals surface area contributed by atoms with Gasteiger partial charge in [-0.05, 0) is 95.2 Å². The van der Waals surface area contributed by atoms with Gasteiger partial charge in [-0.15, -0.1) is 11.8 Å².